The molecule has 2 heteroatoms. The molecule has 1 N–H and O–H groups in total. The maximum absolute atomic E-state index is 10.5. The summed E-state index contributed by atoms with van der Waals surface area (Å²) in [7, 11) is 0. The number of rotatable bonds is 4. The number of allylic oxidation sites excluding steroid dienone is 1. The van der Waals surface area contributed by atoms with Crippen LogP contribution in [-0.4, -0.2) is 11.1 Å². The molecule has 0 amide bonds. The first kappa shape index (κ1) is 16.4. The highest BCUT2D eigenvalue weighted by Gasteiger charge is 1.97. The Morgan fingerprint density at radius 2 is 1.57 bits per heavy atom. The maximum atomic E-state index is 10.5. The van der Waals surface area contributed by atoms with Crippen molar-refractivity contribution < 1.29 is 9.90 Å². The minimum Gasteiger partial charge on any atom is -0.478 e. The van der Waals surface area contributed by atoms with Crippen molar-refractivity contribution in [2.75, 3.05) is 0 Å². The number of carboxylic acid groups (broad SMARTS) is 1. The molecule has 2 rings (SSSR count). The van der Waals surface area contributed by atoms with E-state index in [-0.39, 0.29) is 0 Å². The lowest BCUT2D eigenvalue weighted by Crippen LogP contribution is -1.96. The molecule has 0 aliphatic carbocycles. The predicted molar refractivity (Wildman–Crippen MR) is 88.1 cm³/mol. The molecule has 0 saturated carbocycles. The molecular weight excluding hydrogens is 260 g/mol. The Labute approximate surface area is 126 Å². The molecular formula is C19H20O2. The van der Waals surface area contributed by atoms with Crippen molar-refractivity contribution in [1.29, 1.82) is 0 Å². The van der Waals surface area contributed by atoms with E-state index in [2.05, 4.69) is 6.58 Å². The van der Waals surface area contributed by atoms with E-state index in [1.54, 1.807) is 13.0 Å². The Morgan fingerprint density at radius 1 is 1.05 bits per heavy atom. The molecule has 0 saturated heterocycles. The molecule has 0 radical (unpaired) electrons. The van der Waals surface area contributed by atoms with Gasteiger partial charge >= 0.3 is 5.97 Å². The molecule has 0 heterocycles. The Balaban J connectivity index is 0.000000235. The summed E-state index contributed by atoms with van der Waals surface area (Å²) in [5.41, 5.74) is 2.69. The van der Waals surface area contributed by atoms with Gasteiger partial charge in [0.1, 0.15) is 0 Å². The number of carbonyl (C=O) groups is 1. The lowest BCUT2D eigenvalue weighted by atomic mass is 10.1. The third kappa shape index (κ3) is 6.92. The molecule has 2 aromatic carbocycles. The van der Waals surface area contributed by atoms with Crippen LogP contribution >= 0.6 is 0 Å². The predicted octanol–water partition coefficient (Wildman–Crippen LogP) is 4.59. The van der Waals surface area contributed by atoms with Crippen LogP contribution in [-0.2, 0) is 11.2 Å². The van der Waals surface area contributed by atoms with Crippen LogP contribution in [0.5, 0.6) is 0 Å². The highest BCUT2D eigenvalue weighted by molar-refractivity contribution is 5.85. The summed E-state index contributed by atoms with van der Waals surface area (Å²) >= 11 is 0. The van der Waals surface area contributed by atoms with Crippen LogP contribution in [0, 0.1) is 0 Å². The minimum atomic E-state index is -0.851. The first-order chi connectivity index (χ1) is 10.1. The summed E-state index contributed by atoms with van der Waals surface area (Å²) in [5.74, 6) is -0.851. The van der Waals surface area contributed by atoms with Gasteiger partial charge < -0.3 is 5.11 Å². The van der Waals surface area contributed by atoms with E-state index in [9.17, 15) is 4.79 Å². The van der Waals surface area contributed by atoms with E-state index in [1.807, 2.05) is 66.7 Å². The smallest absolute Gasteiger partial charge is 0.330 e. The summed E-state index contributed by atoms with van der Waals surface area (Å²) in [6, 6.07) is 19.8. The molecule has 108 valence electrons. The van der Waals surface area contributed by atoms with Crippen LogP contribution in [0.3, 0.4) is 0 Å². The zero-order chi connectivity index (χ0) is 15.5. The van der Waals surface area contributed by atoms with Gasteiger partial charge in [-0.1, -0.05) is 79.4 Å². The lowest BCUT2D eigenvalue weighted by molar-refractivity contribution is -0.132. The Kier molecular flexibility index (Phi) is 7.30. The molecule has 21 heavy (non-hydrogen) atoms. The second-order valence-electron chi connectivity index (χ2n) is 4.50. The standard InChI is InChI=1S/C11H12O2.C8H8/c1-9(11(12)13)7-8-10-5-3-2-4-6-10;1-2-8-6-4-3-5-7-8/h2-7H,8H2,1H3,(H,12,13);2-7H,1H2. The highest BCUT2D eigenvalue weighted by Crippen LogP contribution is 2.02. The zero-order valence-electron chi connectivity index (χ0n) is 12.2. The van der Waals surface area contributed by atoms with Crippen LogP contribution in [0.25, 0.3) is 6.08 Å². The van der Waals surface area contributed by atoms with Crippen molar-refractivity contribution in [3.8, 4) is 0 Å². The maximum Gasteiger partial charge on any atom is 0.330 e. The number of hydrogen-bond acceptors (Lipinski definition) is 1. The molecule has 0 spiro atoms. The van der Waals surface area contributed by atoms with Crippen LogP contribution in [0.1, 0.15) is 18.1 Å². The normalized spacial score (nSPS) is 10.2. The van der Waals surface area contributed by atoms with E-state index >= 15 is 0 Å². The van der Waals surface area contributed by atoms with Crippen LogP contribution in [0.2, 0.25) is 0 Å². The Morgan fingerprint density at radius 3 is 2.00 bits per heavy atom. The van der Waals surface area contributed by atoms with Gasteiger partial charge in [0.05, 0.1) is 0 Å². The number of hydrogen-bond donors (Lipinski definition) is 1. The van der Waals surface area contributed by atoms with Gasteiger partial charge in [0.25, 0.3) is 0 Å². The van der Waals surface area contributed by atoms with Gasteiger partial charge in [-0.3, -0.25) is 0 Å². The summed E-state index contributed by atoms with van der Waals surface area (Å²) in [5, 5.41) is 8.59. The van der Waals surface area contributed by atoms with E-state index in [4.69, 9.17) is 5.11 Å². The third-order valence-corrected chi connectivity index (χ3v) is 2.86. The van der Waals surface area contributed by atoms with Gasteiger partial charge in [-0.2, -0.15) is 0 Å². The molecule has 0 aromatic heterocycles. The van der Waals surface area contributed by atoms with Crippen LogP contribution < -0.4 is 0 Å². The minimum absolute atomic E-state index is 0.392. The summed E-state index contributed by atoms with van der Waals surface area (Å²) in [6.45, 7) is 5.23. The fourth-order valence-electron chi connectivity index (χ4n) is 1.56. The largest absolute Gasteiger partial charge is 0.478 e. The van der Waals surface area contributed by atoms with Crippen LogP contribution in [0.4, 0.5) is 0 Å². The van der Waals surface area contributed by atoms with Gasteiger partial charge in [-0.05, 0) is 24.5 Å². The van der Waals surface area contributed by atoms with Crippen molar-refractivity contribution in [3.63, 3.8) is 0 Å². The first-order valence-corrected chi connectivity index (χ1v) is 6.75. The fourth-order valence-corrected chi connectivity index (χ4v) is 1.56. The Hall–Kier alpha value is -2.61. The van der Waals surface area contributed by atoms with Crippen molar-refractivity contribution in [1.82, 2.24) is 0 Å². The molecule has 0 fully saturated rings. The number of aliphatic carboxylic acids is 1. The van der Waals surface area contributed by atoms with Crippen molar-refractivity contribution in [3.05, 3.63) is 90.0 Å². The third-order valence-electron chi connectivity index (χ3n) is 2.86. The van der Waals surface area contributed by atoms with Crippen LogP contribution in [0.15, 0.2) is 78.9 Å². The first-order valence-electron chi connectivity index (χ1n) is 6.75. The van der Waals surface area contributed by atoms with E-state index < -0.39 is 5.97 Å². The number of benzene rings is 2. The van der Waals surface area contributed by atoms with Gasteiger partial charge in [-0.15, -0.1) is 0 Å². The molecule has 0 unspecified atom stereocenters. The monoisotopic (exact) mass is 280 g/mol. The van der Waals surface area contributed by atoms with Gasteiger partial charge in [0, 0.05) is 5.57 Å². The second kappa shape index (κ2) is 9.32. The van der Waals surface area contributed by atoms with Crippen molar-refractivity contribution in [2.24, 2.45) is 0 Å². The Bertz CT molecular complexity index is 583. The molecule has 2 nitrogen and oxygen atoms in total. The molecule has 0 aliphatic rings. The fraction of sp³-hybridized carbons (Fsp3) is 0.105. The lowest BCUT2D eigenvalue weighted by Gasteiger charge is -1.95. The SMILES string of the molecule is C=Cc1ccccc1.CC(=CCc1ccccc1)C(=O)O. The van der Waals surface area contributed by atoms with E-state index in [0.717, 1.165) is 5.56 Å². The topological polar surface area (TPSA) is 37.3 Å². The quantitative estimate of drug-likeness (QED) is 0.832. The highest BCUT2D eigenvalue weighted by atomic mass is 16.4. The van der Waals surface area contributed by atoms with Crippen molar-refractivity contribution in [2.45, 2.75) is 13.3 Å². The average molecular weight is 280 g/mol. The van der Waals surface area contributed by atoms with Gasteiger partial charge in [0.15, 0.2) is 0 Å². The molecule has 0 aliphatic heterocycles. The second-order valence-corrected chi connectivity index (χ2v) is 4.50. The summed E-state index contributed by atoms with van der Waals surface area (Å²) in [4.78, 5) is 10.5. The zero-order valence-corrected chi connectivity index (χ0v) is 12.2. The molecule has 0 bridgehead atoms. The van der Waals surface area contributed by atoms with E-state index in [1.165, 1.54) is 5.56 Å². The summed E-state index contributed by atoms with van der Waals surface area (Å²) in [6.07, 6.45) is 4.23. The molecule has 2 aromatic rings. The van der Waals surface area contributed by atoms with Gasteiger partial charge in [-0.25, -0.2) is 4.79 Å². The molecule has 0 atom stereocenters. The number of carboxylic acids is 1. The van der Waals surface area contributed by atoms with Crippen molar-refractivity contribution >= 4 is 12.0 Å². The summed E-state index contributed by atoms with van der Waals surface area (Å²) < 4.78 is 0. The van der Waals surface area contributed by atoms with E-state index in [0.29, 0.717) is 12.0 Å². The van der Waals surface area contributed by atoms with Gasteiger partial charge in [0.2, 0.25) is 0 Å². The average Bonchev–Trinajstić information content (AvgIpc) is 2.55.